The highest BCUT2D eigenvalue weighted by atomic mass is 32.2. The molecule has 1 aromatic heterocycles. The van der Waals surface area contributed by atoms with Gasteiger partial charge in [-0.2, -0.15) is 0 Å². The molecule has 2 aliphatic heterocycles. The van der Waals surface area contributed by atoms with Gasteiger partial charge in [0.25, 0.3) is 0 Å². The highest BCUT2D eigenvalue weighted by molar-refractivity contribution is 7.79. The minimum atomic E-state index is -2.00. The molecular weight excluding hydrogens is 312 g/mol. The smallest absolute Gasteiger partial charge is 0.205 e. The average molecular weight is 338 g/mol. The molecule has 23 heavy (non-hydrogen) atoms. The number of hydrogen-bond acceptors (Lipinski definition) is 5. The van der Waals surface area contributed by atoms with Crippen molar-refractivity contribution in [2.24, 2.45) is 0 Å². The number of pyridine rings is 1. The van der Waals surface area contributed by atoms with Crippen LogP contribution in [0.15, 0.2) is 23.4 Å². The fraction of sp³-hybridized carbons (Fsp3) is 0.688. The molecule has 0 aromatic carbocycles. The molecule has 0 amide bonds. The predicted octanol–water partition coefficient (Wildman–Crippen LogP) is 0.920. The molecule has 2 N–H and O–H groups in total. The van der Waals surface area contributed by atoms with Gasteiger partial charge >= 0.3 is 0 Å². The molecule has 0 bridgehead atoms. The molecule has 0 spiro atoms. The van der Waals surface area contributed by atoms with Gasteiger partial charge in [-0.1, -0.05) is 6.07 Å². The lowest BCUT2D eigenvalue weighted by molar-refractivity contribution is 0.0412. The molecule has 1 unspecified atom stereocenters. The molecule has 3 rings (SSSR count). The summed E-state index contributed by atoms with van der Waals surface area (Å²) >= 11 is -2.00. The van der Waals surface area contributed by atoms with Crippen molar-refractivity contribution in [1.82, 2.24) is 20.1 Å². The standard InChI is InChI=1S/C16H26N4O2S/c1-13-11-20(15-4-6-17-7-5-15)9-8-19(13)12-14-2-3-16(18-10-14)23(21)22/h2-3,10,13,15,17H,4-9,11-12H2,1H3,(H,21,22)/t13-/m1/s1. The first kappa shape index (κ1) is 17.0. The maximum Gasteiger partial charge on any atom is 0.205 e. The number of nitrogens with zero attached hydrogens (tertiary/aromatic N) is 3. The second-order valence-electron chi connectivity index (χ2n) is 6.55. The molecule has 2 fully saturated rings. The van der Waals surface area contributed by atoms with Crippen LogP contribution in [0, 0.1) is 0 Å². The summed E-state index contributed by atoms with van der Waals surface area (Å²) < 4.78 is 20.0. The van der Waals surface area contributed by atoms with Gasteiger partial charge in [-0.25, -0.2) is 9.19 Å². The number of piperidine rings is 1. The molecule has 128 valence electrons. The molecule has 3 heterocycles. The van der Waals surface area contributed by atoms with Crippen LogP contribution in [-0.4, -0.2) is 68.4 Å². The Kier molecular flexibility index (Phi) is 5.76. The van der Waals surface area contributed by atoms with E-state index in [2.05, 4.69) is 27.0 Å². The van der Waals surface area contributed by atoms with E-state index in [1.165, 1.54) is 12.8 Å². The summed E-state index contributed by atoms with van der Waals surface area (Å²) in [5.74, 6) is 0. The Balaban J connectivity index is 1.54. The van der Waals surface area contributed by atoms with Crippen LogP contribution < -0.4 is 5.32 Å². The Morgan fingerprint density at radius 3 is 2.74 bits per heavy atom. The van der Waals surface area contributed by atoms with Crippen LogP contribution in [0.5, 0.6) is 0 Å². The monoisotopic (exact) mass is 338 g/mol. The summed E-state index contributed by atoms with van der Waals surface area (Å²) in [5, 5.41) is 3.66. The molecule has 0 aliphatic carbocycles. The number of piperazine rings is 1. The summed E-state index contributed by atoms with van der Waals surface area (Å²) in [6, 6.07) is 4.80. The van der Waals surface area contributed by atoms with Crippen molar-refractivity contribution in [2.75, 3.05) is 32.7 Å². The summed E-state index contributed by atoms with van der Waals surface area (Å²) in [6.07, 6.45) is 4.24. The highest BCUT2D eigenvalue weighted by Crippen LogP contribution is 2.19. The van der Waals surface area contributed by atoms with Crippen molar-refractivity contribution in [3.63, 3.8) is 0 Å². The minimum absolute atomic E-state index is 0.220. The van der Waals surface area contributed by atoms with Crippen molar-refractivity contribution < 1.29 is 8.76 Å². The van der Waals surface area contributed by atoms with E-state index >= 15 is 0 Å². The van der Waals surface area contributed by atoms with Crippen LogP contribution in [0.2, 0.25) is 0 Å². The van der Waals surface area contributed by atoms with E-state index in [0.717, 1.165) is 50.9 Å². The van der Waals surface area contributed by atoms with Crippen molar-refractivity contribution in [1.29, 1.82) is 0 Å². The molecule has 0 saturated carbocycles. The zero-order chi connectivity index (χ0) is 16.2. The number of rotatable bonds is 4. The van der Waals surface area contributed by atoms with E-state index in [-0.39, 0.29) is 5.03 Å². The summed E-state index contributed by atoms with van der Waals surface area (Å²) in [5.41, 5.74) is 1.10. The van der Waals surface area contributed by atoms with E-state index in [1.807, 2.05) is 6.07 Å². The van der Waals surface area contributed by atoms with Gasteiger partial charge in [0, 0.05) is 44.5 Å². The van der Waals surface area contributed by atoms with Crippen molar-refractivity contribution >= 4 is 11.1 Å². The Morgan fingerprint density at radius 2 is 2.13 bits per heavy atom. The van der Waals surface area contributed by atoms with Crippen molar-refractivity contribution in [3.8, 4) is 0 Å². The Bertz CT molecular complexity index is 533. The fourth-order valence-corrected chi connectivity index (χ4v) is 3.93. The average Bonchev–Trinajstić information content (AvgIpc) is 2.58. The predicted molar refractivity (Wildman–Crippen MR) is 90.6 cm³/mol. The third-order valence-electron chi connectivity index (χ3n) is 4.98. The van der Waals surface area contributed by atoms with Crippen LogP contribution in [0.1, 0.15) is 25.3 Å². The second kappa shape index (κ2) is 7.81. The third-order valence-corrected chi connectivity index (χ3v) is 5.58. The lowest BCUT2D eigenvalue weighted by Crippen LogP contribution is -2.56. The Labute approximate surface area is 140 Å². The number of nitrogens with one attached hydrogen (secondary N) is 1. The minimum Gasteiger partial charge on any atom is -0.317 e. The maximum absolute atomic E-state index is 11.0. The normalized spacial score (nSPS) is 26.3. The van der Waals surface area contributed by atoms with Gasteiger partial charge in [0.2, 0.25) is 11.1 Å². The van der Waals surface area contributed by atoms with Crippen LogP contribution >= 0.6 is 0 Å². The van der Waals surface area contributed by atoms with Crippen LogP contribution in [0.4, 0.5) is 0 Å². The van der Waals surface area contributed by atoms with E-state index in [9.17, 15) is 4.21 Å². The Hall–Kier alpha value is -0.860. The quantitative estimate of drug-likeness (QED) is 0.796. The third kappa shape index (κ3) is 4.36. The van der Waals surface area contributed by atoms with Gasteiger partial charge in [-0.3, -0.25) is 9.80 Å². The van der Waals surface area contributed by atoms with Crippen molar-refractivity contribution in [3.05, 3.63) is 23.9 Å². The largest absolute Gasteiger partial charge is 0.317 e. The molecule has 7 heteroatoms. The van der Waals surface area contributed by atoms with E-state index in [1.54, 1.807) is 12.3 Å². The molecule has 2 saturated heterocycles. The van der Waals surface area contributed by atoms with E-state index in [4.69, 9.17) is 4.55 Å². The highest BCUT2D eigenvalue weighted by Gasteiger charge is 2.29. The number of aromatic nitrogens is 1. The molecular formula is C16H26N4O2S. The van der Waals surface area contributed by atoms with Crippen LogP contribution in [0.25, 0.3) is 0 Å². The zero-order valence-corrected chi connectivity index (χ0v) is 14.5. The van der Waals surface area contributed by atoms with E-state index < -0.39 is 11.1 Å². The molecule has 0 radical (unpaired) electrons. The summed E-state index contributed by atoms with van der Waals surface area (Å²) in [4.78, 5) is 9.19. The first-order chi connectivity index (χ1) is 11.1. The topological polar surface area (TPSA) is 68.7 Å². The van der Waals surface area contributed by atoms with Crippen LogP contribution in [0.3, 0.4) is 0 Å². The molecule has 6 nitrogen and oxygen atoms in total. The Morgan fingerprint density at radius 1 is 1.35 bits per heavy atom. The molecule has 1 aromatic rings. The summed E-state index contributed by atoms with van der Waals surface area (Å²) in [6.45, 7) is 8.74. The van der Waals surface area contributed by atoms with Gasteiger partial charge < -0.3 is 9.87 Å². The second-order valence-corrected chi connectivity index (χ2v) is 7.47. The van der Waals surface area contributed by atoms with Gasteiger partial charge in [0.1, 0.15) is 0 Å². The zero-order valence-electron chi connectivity index (χ0n) is 13.6. The van der Waals surface area contributed by atoms with Crippen molar-refractivity contribution in [2.45, 2.75) is 43.4 Å². The fourth-order valence-electron chi connectivity index (χ4n) is 3.60. The lowest BCUT2D eigenvalue weighted by Gasteiger charge is -2.44. The number of hydrogen-bond donors (Lipinski definition) is 2. The van der Waals surface area contributed by atoms with E-state index in [0.29, 0.717) is 6.04 Å². The SMILES string of the molecule is C[C@@H]1CN(C2CCNCC2)CCN1Cc1ccc(S(=O)O)nc1. The van der Waals surface area contributed by atoms with Gasteiger partial charge in [0.05, 0.1) is 0 Å². The van der Waals surface area contributed by atoms with Gasteiger partial charge in [-0.15, -0.1) is 0 Å². The maximum atomic E-state index is 11.0. The first-order valence-electron chi connectivity index (χ1n) is 8.38. The van der Waals surface area contributed by atoms with Crippen LogP contribution in [-0.2, 0) is 17.6 Å². The lowest BCUT2D eigenvalue weighted by atomic mass is 10.0. The molecule has 2 atom stereocenters. The van der Waals surface area contributed by atoms with Gasteiger partial charge in [0.15, 0.2) is 5.03 Å². The molecule has 2 aliphatic rings. The van der Waals surface area contributed by atoms with Gasteiger partial charge in [-0.05, 0) is 44.5 Å². The summed E-state index contributed by atoms with van der Waals surface area (Å²) in [7, 11) is 0. The first-order valence-corrected chi connectivity index (χ1v) is 9.49.